The summed E-state index contributed by atoms with van der Waals surface area (Å²) in [5.74, 6) is -0.466. The molecule has 1 aromatic carbocycles. The molecule has 0 atom stereocenters. The van der Waals surface area contributed by atoms with E-state index < -0.39 is 12.0 Å². The van der Waals surface area contributed by atoms with Gasteiger partial charge in [-0.2, -0.15) is 0 Å². The zero-order valence-electron chi connectivity index (χ0n) is 11.2. The van der Waals surface area contributed by atoms with Gasteiger partial charge < -0.3 is 10.5 Å². The molecule has 2 aromatic rings. The Morgan fingerprint density at radius 1 is 1.25 bits per heavy atom. The van der Waals surface area contributed by atoms with E-state index in [1.54, 1.807) is 13.1 Å². The van der Waals surface area contributed by atoms with E-state index in [2.05, 4.69) is 5.43 Å². The van der Waals surface area contributed by atoms with Crippen LogP contribution in [0.1, 0.15) is 16.1 Å². The Morgan fingerprint density at radius 2 is 1.90 bits per heavy atom. The quantitative estimate of drug-likeness (QED) is 0.837. The minimum absolute atomic E-state index is 0.396. The number of ether oxygens (including phenoxy) is 1. The number of nitrogens with one attached hydrogen (secondary N) is 1. The van der Waals surface area contributed by atoms with Gasteiger partial charge in [-0.25, -0.2) is 15.0 Å². The molecule has 3 N–H and O–H groups in total. The lowest BCUT2D eigenvalue weighted by Gasteiger charge is -2.06. The summed E-state index contributed by atoms with van der Waals surface area (Å²) in [7, 11) is 1.31. The number of carbonyl (C=O) groups is 2. The third kappa shape index (κ3) is 2.49. The van der Waals surface area contributed by atoms with Gasteiger partial charge in [-0.3, -0.25) is 4.68 Å². The van der Waals surface area contributed by atoms with Gasteiger partial charge in [0.2, 0.25) is 0 Å². The lowest BCUT2D eigenvalue weighted by Crippen LogP contribution is -2.28. The minimum atomic E-state index is -0.709. The molecule has 0 aliphatic heterocycles. The van der Waals surface area contributed by atoms with Crippen molar-refractivity contribution in [1.29, 1.82) is 0 Å². The number of methoxy groups -OCH3 is 1. The highest BCUT2D eigenvalue weighted by Gasteiger charge is 2.21. The zero-order chi connectivity index (χ0) is 14.7. The summed E-state index contributed by atoms with van der Waals surface area (Å²) in [6, 6.07) is 8.65. The first-order chi connectivity index (χ1) is 9.54. The highest BCUT2D eigenvalue weighted by atomic mass is 16.5. The van der Waals surface area contributed by atoms with Crippen LogP contribution >= 0.6 is 0 Å². The molecule has 0 spiro atoms. The van der Waals surface area contributed by atoms with E-state index >= 15 is 0 Å². The Kier molecular flexibility index (Phi) is 3.74. The lowest BCUT2D eigenvalue weighted by molar-refractivity contribution is 0.0600. The van der Waals surface area contributed by atoms with Crippen molar-refractivity contribution in [2.24, 2.45) is 5.73 Å². The van der Waals surface area contributed by atoms with Gasteiger partial charge in [-0.05, 0) is 12.5 Å². The maximum Gasteiger partial charge on any atom is 0.340 e. The van der Waals surface area contributed by atoms with Crippen LogP contribution in [0.2, 0.25) is 0 Å². The molecule has 104 valence electrons. The molecule has 0 aliphatic carbocycles. The number of primary amides is 1. The van der Waals surface area contributed by atoms with Crippen LogP contribution in [0.3, 0.4) is 0 Å². The zero-order valence-corrected chi connectivity index (χ0v) is 11.2. The van der Waals surface area contributed by atoms with Crippen LogP contribution in [0.5, 0.6) is 0 Å². The standard InChI is InChI=1S/C14H15N3O3/c1-9-12(13(18)20-2)11(8-17(9)16-14(15)19)10-6-4-3-5-7-10/h3-8H,1-2H3,(H3,15,16,19). The number of carbonyl (C=O) groups excluding carboxylic acids is 2. The molecule has 1 aromatic heterocycles. The average molecular weight is 273 g/mol. The second kappa shape index (κ2) is 5.48. The third-order valence-electron chi connectivity index (χ3n) is 2.96. The van der Waals surface area contributed by atoms with E-state index in [0.717, 1.165) is 5.56 Å². The monoisotopic (exact) mass is 273 g/mol. The first kappa shape index (κ1) is 13.7. The van der Waals surface area contributed by atoms with Gasteiger partial charge in [0.25, 0.3) is 0 Å². The molecule has 0 bridgehead atoms. The second-order valence-corrected chi connectivity index (χ2v) is 4.21. The van der Waals surface area contributed by atoms with E-state index in [-0.39, 0.29) is 0 Å². The van der Waals surface area contributed by atoms with Gasteiger partial charge in [0, 0.05) is 11.8 Å². The van der Waals surface area contributed by atoms with Crippen LogP contribution in [0.4, 0.5) is 4.79 Å². The molecule has 2 amide bonds. The number of amides is 2. The topological polar surface area (TPSA) is 86.3 Å². The highest BCUT2D eigenvalue weighted by molar-refractivity contribution is 5.99. The molecule has 0 fully saturated rings. The maximum atomic E-state index is 11.9. The predicted molar refractivity (Wildman–Crippen MR) is 74.9 cm³/mol. The molecule has 0 unspecified atom stereocenters. The maximum absolute atomic E-state index is 11.9. The molecule has 0 radical (unpaired) electrons. The Hall–Kier alpha value is -2.76. The van der Waals surface area contributed by atoms with E-state index in [0.29, 0.717) is 16.8 Å². The van der Waals surface area contributed by atoms with E-state index in [1.165, 1.54) is 11.8 Å². The van der Waals surface area contributed by atoms with Crippen LogP contribution in [-0.2, 0) is 4.74 Å². The first-order valence-electron chi connectivity index (χ1n) is 5.96. The number of nitrogens with two attached hydrogens (primary N) is 1. The summed E-state index contributed by atoms with van der Waals surface area (Å²) in [5.41, 5.74) is 10.0. The molecule has 1 heterocycles. The van der Waals surface area contributed by atoms with Crippen molar-refractivity contribution in [3.8, 4) is 11.1 Å². The summed E-state index contributed by atoms with van der Waals surface area (Å²) < 4.78 is 6.21. The molecule has 20 heavy (non-hydrogen) atoms. The summed E-state index contributed by atoms with van der Waals surface area (Å²) >= 11 is 0. The Bertz CT molecular complexity index is 647. The van der Waals surface area contributed by atoms with E-state index in [1.807, 2.05) is 30.3 Å². The average Bonchev–Trinajstić information content (AvgIpc) is 2.76. The number of aromatic nitrogens is 1. The number of urea groups is 1. The predicted octanol–water partition coefficient (Wildman–Crippen LogP) is 1.87. The number of hydrogen-bond donors (Lipinski definition) is 2. The van der Waals surface area contributed by atoms with Crippen LogP contribution in [-0.4, -0.2) is 23.8 Å². The van der Waals surface area contributed by atoms with Crippen molar-refractivity contribution in [1.82, 2.24) is 4.68 Å². The fraction of sp³-hybridized carbons (Fsp3) is 0.143. The second-order valence-electron chi connectivity index (χ2n) is 4.21. The Labute approximate surface area is 116 Å². The van der Waals surface area contributed by atoms with E-state index in [9.17, 15) is 9.59 Å². The van der Waals surface area contributed by atoms with Gasteiger partial charge in [-0.1, -0.05) is 30.3 Å². The summed E-state index contributed by atoms with van der Waals surface area (Å²) in [5, 5.41) is 0. The summed E-state index contributed by atoms with van der Waals surface area (Å²) in [6.07, 6.45) is 1.64. The lowest BCUT2D eigenvalue weighted by atomic mass is 10.0. The fourth-order valence-electron chi connectivity index (χ4n) is 2.04. The fourth-order valence-corrected chi connectivity index (χ4v) is 2.04. The van der Waals surface area contributed by atoms with Gasteiger partial charge in [0.1, 0.15) is 0 Å². The molecule has 0 saturated carbocycles. The largest absolute Gasteiger partial charge is 0.465 e. The Balaban J connectivity index is 2.60. The van der Waals surface area contributed by atoms with Crippen LogP contribution < -0.4 is 11.2 Å². The van der Waals surface area contributed by atoms with Crippen molar-refractivity contribution in [2.45, 2.75) is 6.92 Å². The molecule has 2 rings (SSSR count). The number of nitrogens with zero attached hydrogens (tertiary/aromatic N) is 1. The van der Waals surface area contributed by atoms with Gasteiger partial charge in [0.05, 0.1) is 18.4 Å². The molecule has 6 heteroatoms. The van der Waals surface area contributed by atoms with Gasteiger partial charge in [0.15, 0.2) is 0 Å². The number of esters is 1. The normalized spacial score (nSPS) is 10.1. The van der Waals surface area contributed by atoms with Crippen molar-refractivity contribution in [3.63, 3.8) is 0 Å². The third-order valence-corrected chi connectivity index (χ3v) is 2.96. The molecule has 0 aliphatic rings. The van der Waals surface area contributed by atoms with Crippen molar-refractivity contribution in [3.05, 3.63) is 47.8 Å². The van der Waals surface area contributed by atoms with Crippen molar-refractivity contribution >= 4 is 12.0 Å². The SMILES string of the molecule is COC(=O)c1c(-c2ccccc2)cn(NC(N)=O)c1C. The van der Waals surface area contributed by atoms with Crippen LogP contribution in [0, 0.1) is 6.92 Å². The Morgan fingerprint density at radius 3 is 2.45 bits per heavy atom. The van der Waals surface area contributed by atoms with Gasteiger partial charge in [-0.15, -0.1) is 0 Å². The smallest absolute Gasteiger partial charge is 0.340 e. The molecule has 0 saturated heterocycles. The first-order valence-corrected chi connectivity index (χ1v) is 5.96. The van der Waals surface area contributed by atoms with E-state index in [4.69, 9.17) is 10.5 Å². The highest BCUT2D eigenvalue weighted by Crippen LogP contribution is 2.28. The summed E-state index contributed by atoms with van der Waals surface area (Å²) in [6.45, 7) is 1.70. The summed E-state index contributed by atoms with van der Waals surface area (Å²) in [4.78, 5) is 22.9. The minimum Gasteiger partial charge on any atom is -0.465 e. The van der Waals surface area contributed by atoms with Crippen LogP contribution in [0.15, 0.2) is 36.5 Å². The molecular formula is C14H15N3O3. The van der Waals surface area contributed by atoms with Crippen molar-refractivity contribution in [2.75, 3.05) is 12.5 Å². The van der Waals surface area contributed by atoms with Crippen molar-refractivity contribution < 1.29 is 14.3 Å². The number of hydrogen-bond acceptors (Lipinski definition) is 3. The van der Waals surface area contributed by atoms with Gasteiger partial charge >= 0.3 is 12.0 Å². The number of benzene rings is 1. The van der Waals surface area contributed by atoms with Crippen LogP contribution in [0.25, 0.3) is 11.1 Å². The molecule has 6 nitrogen and oxygen atoms in total. The number of rotatable bonds is 3. The molecular weight excluding hydrogens is 258 g/mol.